The summed E-state index contributed by atoms with van der Waals surface area (Å²) in [6.07, 6.45) is 0. The molecule has 0 unspecified atom stereocenters. The normalized spacial score (nSPS) is 10.9. The van der Waals surface area contributed by atoms with Crippen molar-refractivity contribution in [1.29, 1.82) is 0 Å². The van der Waals surface area contributed by atoms with Crippen LogP contribution in [0, 0.1) is 0 Å². The Labute approximate surface area is 91.5 Å². The molecule has 0 aliphatic rings. The summed E-state index contributed by atoms with van der Waals surface area (Å²) in [5.74, 6) is 0.654. The van der Waals surface area contributed by atoms with Crippen molar-refractivity contribution in [3.8, 4) is 0 Å². The minimum atomic E-state index is 0.00726. The predicted octanol–water partition coefficient (Wildman–Crippen LogP) is -0.772. The zero-order valence-corrected chi connectivity index (χ0v) is 8.88. The van der Waals surface area contributed by atoms with Crippen molar-refractivity contribution in [2.45, 2.75) is 13.5 Å². The minimum Gasteiger partial charge on any atom is -0.395 e. The number of hydrogen-bond acceptors (Lipinski definition) is 7. The lowest BCUT2D eigenvalue weighted by molar-refractivity contribution is 0.311. The van der Waals surface area contributed by atoms with Crippen LogP contribution in [0.3, 0.4) is 0 Å². The Hall–Kier alpha value is -1.96. The third-order valence-electron chi connectivity index (χ3n) is 2.08. The number of aliphatic hydroxyl groups is 1. The molecule has 16 heavy (non-hydrogen) atoms. The highest BCUT2D eigenvalue weighted by Crippen LogP contribution is 2.17. The monoisotopic (exact) mass is 223 g/mol. The summed E-state index contributed by atoms with van der Waals surface area (Å²) < 4.78 is 1.64. The summed E-state index contributed by atoms with van der Waals surface area (Å²) in [6.45, 7) is 2.98. The van der Waals surface area contributed by atoms with Gasteiger partial charge in [-0.2, -0.15) is 9.97 Å². The van der Waals surface area contributed by atoms with Crippen LogP contribution in [0.1, 0.15) is 6.92 Å². The summed E-state index contributed by atoms with van der Waals surface area (Å²) in [4.78, 5) is 8.09. The first-order valence-electron chi connectivity index (χ1n) is 4.97. The van der Waals surface area contributed by atoms with Crippen LogP contribution < -0.4 is 11.1 Å². The van der Waals surface area contributed by atoms with Crippen molar-refractivity contribution >= 4 is 22.9 Å². The van der Waals surface area contributed by atoms with Gasteiger partial charge < -0.3 is 16.2 Å². The molecule has 0 atom stereocenters. The second-order valence-corrected chi connectivity index (χ2v) is 3.16. The SMILES string of the molecule is CCn1nnc2c(NCCO)nc(N)nc21. The zero-order valence-electron chi connectivity index (χ0n) is 8.88. The molecule has 2 aromatic rings. The number of nitrogens with two attached hydrogens (primary N) is 1. The van der Waals surface area contributed by atoms with Crippen molar-refractivity contribution in [2.24, 2.45) is 0 Å². The van der Waals surface area contributed by atoms with Crippen LogP contribution in [0.25, 0.3) is 11.2 Å². The minimum absolute atomic E-state index is 0.00726. The smallest absolute Gasteiger partial charge is 0.224 e. The van der Waals surface area contributed by atoms with Gasteiger partial charge in [0, 0.05) is 13.1 Å². The summed E-state index contributed by atoms with van der Waals surface area (Å²) in [6, 6.07) is 0. The molecule has 2 heterocycles. The molecule has 4 N–H and O–H groups in total. The van der Waals surface area contributed by atoms with Crippen LogP contribution in [-0.4, -0.2) is 43.2 Å². The summed E-state index contributed by atoms with van der Waals surface area (Å²) in [7, 11) is 0. The third-order valence-corrected chi connectivity index (χ3v) is 2.08. The number of hydrogen-bond donors (Lipinski definition) is 3. The topological polar surface area (TPSA) is 115 Å². The fourth-order valence-corrected chi connectivity index (χ4v) is 1.38. The number of nitrogens with one attached hydrogen (secondary N) is 1. The maximum absolute atomic E-state index is 8.74. The average Bonchev–Trinajstić information content (AvgIpc) is 2.68. The first-order chi connectivity index (χ1) is 7.76. The van der Waals surface area contributed by atoms with E-state index in [1.165, 1.54) is 0 Å². The highest BCUT2D eigenvalue weighted by Gasteiger charge is 2.12. The van der Waals surface area contributed by atoms with Gasteiger partial charge in [-0.3, -0.25) is 0 Å². The molecule has 0 saturated heterocycles. The highest BCUT2D eigenvalue weighted by atomic mass is 16.3. The summed E-state index contributed by atoms with van der Waals surface area (Å²) >= 11 is 0. The number of nitrogens with zero attached hydrogens (tertiary/aromatic N) is 5. The predicted molar refractivity (Wildman–Crippen MR) is 58.8 cm³/mol. The van der Waals surface area contributed by atoms with Crippen molar-refractivity contribution in [3.63, 3.8) is 0 Å². The van der Waals surface area contributed by atoms with Gasteiger partial charge in [-0.05, 0) is 6.92 Å². The first kappa shape index (κ1) is 10.6. The molecule has 8 heteroatoms. The molecule has 0 fully saturated rings. The lowest BCUT2D eigenvalue weighted by Gasteiger charge is -2.04. The van der Waals surface area contributed by atoms with E-state index in [1.54, 1.807) is 4.68 Å². The molecular weight excluding hydrogens is 210 g/mol. The molecule has 0 aliphatic carbocycles. The zero-order chi connectivity index (χ0) is 11.5. The van der Waals surface area contributed by atoms with Crippen LogP contribution in [0.5, 0.6) is 0 Å². The molecule has 0 saturated carbocycles. The molecule has 2 aromatic heterocycles. The fourth-order valence-electron chi connectivity index (χ4n) is 1.38. The molecule has 0 spiro atoms. The number of rotatable bonds is 4. The Bertz CT molecular complexity index is 494. The Balaban J connectivity index is 2.51. The number of aryl methyl sites for hydroxylation is 1. The quantitative estimate of drug-likeness (QED) is 0.623. The Morgan fingerprint density at radius 3 is 2.94 bits per heavy atom. The van der Waals surface area contributed by atoms with Crippen LogP contribution in [0.15, 0.2) is 0 Å². The van der Waals surface area contributed by atoms with E-state index in [-0.39, 0.29) is 12.6 Å². The van der Waals surface area contributed by atoms with Gasteiger partial charge in [0.15, 0.2) is 17.0 Å². The van der Waals surface area contributed by atoms with Gasteiger partial charge in [0.1, 0.15) is 0 Å². The molecule has 86 valence electrons. The van der Waals surface area contributed by atoms with Gasteiger partial charge in [-0.15, -0.1) is 5.10 Å². The molecule has 0 aliphatic heterocycles. The van der Waals surface area contributed by atoms with Gasteiger partial charge in [0.05, 0.1) is 6.61 Å². The molecule has 0 amide bonds. The van der Waals surface area contributed by atoms with Gasteiger partial charge in [-0.1, -0.05) is 5.21 Å². The number of nitrogen functional groups attached to an aromatic ring is 1. The summed E-state index contributed by atoms with van der Waals surface area (Å²) in [5.41, 5.74) is 6.74. The molecule has 2 rings (SSSR count). The third kappa shape index (κ3) is 1.74. The Morgan fingerprint density at radius 1 is 1.44 bits per heavy atom. The van der Waals surface area contributed by atoms with E-state index in [1.807, 2.05) is 6.92 Å². The standard InChI is InChI=1S/C8H13N7O/c1-2-15-7-5(13-14-15)6(10-3-4-16)11-8(9)12-7/h16H,2-4H2,1H3,(H3,9,10,11,12). The number of aliphatic hydroxyl groups excluding tert-OH is 1. The first-order valence-corrected chi connectivity index (χ1v) is 4.97. The second-order valence-electron chi connectivity index (χ2n) is 3.16. The Kier molecular flexibility index (Phi) is 2.82. The fraction of sp³-hybridized carbons (Fsp3) is 0.500. The van der Waals surface area contributed by atoms with E-state index in [2.05, 4.69) is 25.6 Å². The van der Waals surface area contributed by atoms with Gasteiger partial charge in [0.25, 0.3) is 0 Å². The molecule has 0 aromatic carbocycles. The van der Waals surface area contributed by atoms with E-state index in [9.17, 15) is 0 Å². The number of anilines is 2. The number of fused-ring (bicyclic) bond motifs is 1. The number of aromatic nitrogens is 5. The molecule has 0 radical (unpaired) electrons. The van der Waals surface area contributed by atoms with E-state index < -0.39 is 0 Å². The molecule has 8 nitrogen and oxygen atoms in total. The lowest BCUT2D eigenvalue weighted by atomic mass is 10.4. The van der Waals surface area contributed by atoms with Crippen LogP contribution in [0.4, 0.5) is 11.8 Å². The summed E-state index contributed by atoms with van der Waals surface area (Å²) in [5, 5.41) is 19.6. The van der Waals surface area contributed by atoms with Crippen LogP contribution >= 0.6 is 0 Å². The Morgan fingerprint density at radius 2 is 2.25 bits per heavy atom. The van der Waals surface area contributed by atoms with Crippen molar-refractivity contribution in [3.05, 3.63) is 0 Å². The van der Waals surface area contributed by atoms with E-state index in [4.69, 9.17) is 10.8 Å². The van der Waals surface area contributed by atoms with E-state index in [0.29, 0.717) is 30.1 Å². The second kappa shape index (κ2) is 4.27. The maximum Gasteiger partial charge on any atom is 0.224 e. The van der Waals surface area contributed by atoms with E-state index >= 15 is 0 Å². The molecule has 0 bridgehead atoms. The average molecular weight is 223 g/mol. The molecular formula is C8H13N7O. The largest absolute Gasteiger partial charge is 0.395 e. The van der Waals surface area contributed by atoms with E-state index in [0.717, 1.165) is 0 Å². The van der Waals surface area contributed by atoms with Crippen molar-refractivity contribution in [2.75, 3.05) is 24.2 Å². The lowest BCUT2D eigenvalue weighted by Crippen LogP contribution is -2.09. The van der Waals surface area contributed by atoms with Crippen LogP contribution in [-0.2, 0) is 6.54 Å². The van der Waals surface area contributed by atoms with Crippen molar-refractivity contribution in [1.82, 2.24) is 25.0 Å². The van der Waals surface area contributed by atoms with Gasteiger partial charge in [0.2, 0.25) is 5.95 Å². The van der Waals surface area contributed by atoms with Crippen molar-refractivity contribution < 1.29 is 5.11 Å². The van der Waals surface area contributed by atoms with Gasteiger partial charge >= 0.3 is 0 Å². The highest BCUT2D eigenvalue weighted by molar-refractivity contribution is 5.83. The maximum atomic E-state index is 8.74. The van der Waals surface area contributed by atoms with Gasteiger partial charge in [-0.25, -0.2) is 4.68 Å². The van der Waals surface area contributed by atoms with Crippen LogP contribution in [0.2, 0.25) is 0 Å².